The zero-order chi connectivity index (χ0) is 31.2. The Balaban J connectivity index is 1.69. The first-order chi connectivity index (χ1) is 20.5. The van der Waals surface area contributed by atoms with E-state index in [1.54, 1.807) is 25.1 Å². The Hall–Kier alpha value is -4.77. The number of Topliss-reactive ketones (excluding diaryl/α,β-unsaturated/α-hetero) is 2. The molecular formula is C31H27ClO11. The van der Waals surface area contributed by atoms with Crippen LogP contribution in [0.5, 0.6) is 17.2 Å². The number of halogens is 1. The lowest BCUT2D eigenvalue weighted by atomic mass is 9.69. The molecule has 1 spiro atoms. The van der Waals surface area contributed by atoms with Gasteiger partial charge >= 0.3 is 11.9 Å². The van der Waals surface area contributed by atoms with Crippen LogP contribution in [0.1, 0.15) is 52.2 Å². The first kappa shape index (κ1) is 29.7. The maximum absolute atomic E-state index is 14.1. The molecule has 2 aromatic carbocycles. The van der Waals surface area contributed by atoms with Gasteiger partial charge in [0.15, 0.2) is 17.3 Å². The van der Waals surface area contributed by atoms with E-state index in [9.17, 15) is 29.4 Å². The Morgan fingerprint density at radius 2 is 1.79 bits per heavy atom. The summed E-state index contributed by atoms with van der Waals surface area (Å²) in [5, 5.41) is 21.5. The molecule has 0 amide bonds. The Labute approximate surface area is 250 Å². The lowest BCUT2D eigenvalue weighted by Crippen LogP contribution is -2.53. The van der Waals surface area contributed by atoms with Gasteiger partial charge in [-0.25, -0.2) is 4.79 Å². The van der Waals surface area contributed by atoms with Crippen LogP contribution in [0.2, 0.25) is 5.02 Å². The summed E-state index contributed by atoms with van der Waals surface area (Å²) in [6, 6.07) is 10.5. The standard InChI is InChI=1S/C31H27ClO11/c1-14-11-18(33)24(28(35)31(14)29(36)25-21(39-2)13-22(40-3)26(32)27(25)43-31)17(12-23(34)41-4)20-10-9-19(42-20)15-7-5-6-8-16(15)30(37)38/h5-10,13-14,17,35H,11-12H2,1-4H3,(H,37,38). The van der Waals surface area contributed by atoms with Gasteiger partial charge in [0.1, 0.15) is 33.6 Å². The monoisotopic (exact) mass is 610 g/mol. The third kappa shape index (κ3) is 4.60. The molecule has 224 valence electrons. The summed E-state index contributed by atoms with van der Waals surface area (Å²) in [6.07, 6.45) is -0.679. The van der Waals surface area contributed by atoms with Crippen LogP contribution in [0.15, 0.2) is 58.2 Å². The molecule has 0 saturated carbocycles. The molecule has 3 atom stereocenters. The molecule has 2 heterocycles. The van der Waals surface area contributed by atoms with E-state index in [1.807, 2.05) is 0 Å². The van der Waals surface area contributed by atoms with Gasteiger partial charge in [0.2, 0.25) is 11.4 Å². The summed E-state index contributed by atoms with van der Waals surface area (Å²) in [6.45, 7) is 1.58. The number of rotatable bonds is 8. The zero-order valence-electron chi connectivity index (χ0n) is 23.6. The van der Waals surface area contributed by atoms with Crippen molar-refractivity contribution in [2.75, 3.05) is 21.3 Å². The number of allylic oxidation sites excluding steroid dienone is 1. The maximum atomic E-state index is 14.1. The van der Waals surface area contributed by atoms with Gasteiger partial charge in [0, 0.05) is 29.5 Å². The molecule has 0 fully saturated rings. The second-order valence-corrected chi connectivity index (χ2v) is 10.5. The number of ether oxygens (including phenoxy) is 4. The van der Waals surface area contributed by atoms with Crippen LogP contribution in [-0.4, -0.2) is 60.6 Å². The van der Waals surface area contributed by atoms with Gasteiger partial charge in [-0.3, -0.25) is 14.4 Å². The average Bonchev–Trinajstić information content (AvgIpc) is 3.60. The van der Waals surface area contributed by atoms with Crippen molar-refractivity contribution in [3.05, 3.63) is 75.7 Å². The number of fused-ring (bicyclic) bond motifs is 1. The fraction of sp³-hybridized carbons (Fsp3) is 0.290. The van der Waals surface area contributed by atoms with Gasteiger partial charge < -0.3 is 33.6 Å². The van der Waals surface area contributed by atoms with Crippen LogP contribution in [0, 0.1) is 5.92 Å². The first-order valence-corrected chi connectivity index (χ1v) is 13.5. The number of carbonyl (C=O) groups is 4. The molecule has 3 unspecified atom stereocenters. The van der Waals surface area contributed by atoms with Crippen molar-refractivity contribution in [3.8, 4) is 28.6 Å². The SMILES string of the molecule is COC(=O)CC(C1=C(O)C2(Oc3c(Cl)c(OC)cc(OC)c3C2=O)C(C)CC1=O)c1ccc(-c2ccccc2C(=O)O)o1. The van der Waals surface area contributed by atoms with E-state index >= 15 is 0 Å². The topological polar surface area (TPSA) is 159 Å². The maximum Gasteiger partial charge on any atom is 0.336 e. The molecule has 1 aliphatic carbocycles. The van der Waals surface area contributed by atoms with Crippen molar-refractivity contribution >= 4 is 35.1 Å². The molecule has 0 saturated heterocycles. The highest BCUT2D eigenvalue weighted by Gasteiger charge is 2.61. The number of hydrogen-bond acceptors (Lipinski definition) is 10. The number of aliphatic hydroxyl groups is 1. The molecule has 2 N–H and O–H groups in total. The number of aromatic carboxylic acids is 1. The van der Waals surface area contributed by atoms with E-state index in [4.69, 9.17) is 35.0 Å². The van der Waals surface area contributed by atoms with Crippen LogP contribution < -0.4 is 14.2 Å². The lowest BCUT2D eigenvalue weighted by molar-refractivity contribution is -0.141. The third-order valence-electron chi connectivity index (χ3n) is 7.85. The van der Waals surface area contributed by atoms with E-state index in [1.165, 1.54) is 45.6 Å². The number of carboxylic acid groups (broad SMARTS) is 1. The number of aliphatic hydroxyl groups excluding tert-OH is 1. The molecule has 0 radical (unpaired) electrons. The molecular weight excluding hydrogens is 584 g/mol. The van der Waals surface area contributed by atoms with Gasteiger partial charge in [-0.15, -0.1) is 0 Å². The number of esters is 1. The number of carboxylic acids is 1. The van der Waals surface area contributed by atoms with Crippen molar-refractivity contribution in [1.29, 1.82) is 0 Å². The molecule has 1 aliphatic heterocycles. The van der Waals surface area contributed by atoms with Crippen molar-refractivity contribution in [2.45, 2.75) is 31.3 Å². The fourth-order valence-corrected chi connectivity index (χ4v) is 5.97. The second kappa shape index (κ2) is 11.1. The third-order valence-corrected chi connectivity index (χ3v) is 8.21. The highest BCUT2D eigenvalue weighted by molar-refractivity contribution is 6.35. The van der Waals surface area contributed by atoms with Gasteiger partial charge in [0.25, 0.3) is 0 Å². The molecule has 12 heteroatoms. The molecule has 43 heavy (non-hydrogen) atoms. The fourth-order valence-electron chi connectivity index (χ4n) is 5.70. The smallest absolute Gasteiger partial charge is 0.336 e. The van der Waals surface area contributed by atoms with Crippen LogP contribution in [0.3, 0.4) is 0 Å². The van der Waals surface area contributed by atoms with Crippen molar-refractivity contribution in [3.63, 3.8) is 0 Å². The zero-order valence-corrected chi connectivity index (χ0v) is 24.3. The van der Waals surface area contributed by atoms with Crippen molar-refractivity contribution < 1.29 is 52.8 Å². The second-order valence-electron chi connectivity index (χ2n) is 10.1. The number of ketones is 2. The van der Waals surface area contributed by atoms with E-state index in [0.717, 1.165) is 0 Å². The molecule has 0 bridgehead atoms. The van der Waals surface area contributed by atoms with Gasteiger partial charge in [-0.2, -0.15) is 0 Å². The van der Waals surface area contributed by atoms with E-state index < -0.39 is 53.1 Å². The van der Waals surface area contributed by atoms with Crippen molar-refractivity contribution in [1.82, 2.24) is 0 Å². The van der Waals surface area contributed by atoms with Crippen LogP contribution >= 0.6 is 11.6 Å². The van der Waals surface area contributed by atoms with Gasteiger partial charge in [0.05, 0.1) is 39.2 Å². The van der Waals surface area contributed by atoms with E-state index in [2.05, 4.69) is 0 Å². The minimum absolute atomic E-state index is 0.0270. The molecule has 1 aromatic heterocycles. The number of benzene rings is 2. The minimum atomic E-state index is -2.07. The molecule has 11 nitrogen and oxygen atoms in total. The van der Waals surface area contributed by atoms with Crippen LogP contribution in [0.4, 0.5) is 0 Å². The minimum Gasteiger partial charge on any atom is -0.507 e. The normalized spacial score (nSPS) is 20.1. The highest BCUT2D eigenvalue weighted by atomic mass is 35.5. The Bertz CT molecular complexity index is 1700. The van der Waals surface area contributed by atoms with Crippen LogP contribution in [0.25, 0.3) is 11.3 Å². The Morgan fingerprint density at radius 1 is 1.09 bits per heavy atom. The van der Waals surface area contributed by atoms with Gasteiger partial charge in [-0.1, -0.05) is 36.7 Å². The number of methoxy groups -OCH3 is 3. The summed E-state index contributed by atoms with van der Waals surface area (Å²) < 4.78 is 27.8. The molecule has 2 aliphatic rings. The summed E-state index contributed by atoms with van der Waals surface area (Å²) in [7, 11) is 3.89. The quantitative estimate of drug-likeness (QED) is 0.315. The Morgan fingerprint density at radius 3 is 2.44 bits per heavy atom. The largest absolute Gasteiger partial charge is 0.507 e. The average molecular weight is 611 g/mol. The number of furan rings is 1. The lowest BCUT2D eigenvalue weighted by Gasteiger charge is -2.38. The molecule has 3 aromatic rings. The van der Waals surface area contributed by atoms with E-state index in [-0.39, 0.29) is 62.5 Å². The summed E-state index contributed by atoms with van der Waals surface area (Å²) in [5.74, 6) is -5.54. The van der Waals surface area contributed by atoms with Crippen molar-refractivity contribution in [2.24, 2.45) is 5.92 Å². The number of carbonyl (C=O) groups excluding carboxylic acids is 3. The predicted molar refractivity (Wildman–Crippen MR) is 151 cm³/mol. The first-order valence-electron chi connectivity index (χ1n) is 13.1. The summed E-state index contributed by atoms with van der Waals surface area (Å²) >= 11 is 6.51. The molecule has 5 rings (SSSR count). The predicted octanol–water partition coefficient (Wildman–Crippen LogP) is 5.40. The van der Waals surface area contributed by atoms with Crippen LogP contribution in [-0.2, 0) is 14.3 Å². The highest BCUT2D eigenvalue weighted by Crippen LogP contribution is 2.56. The summed E-state index contributed by atoms with van der Waals surface area (Å²) in [5.41, 5.74) is -2.15. The Kier molecular flexibility index (Phi) is 7.70. The number of hydrogen-bond donors (Lipinski definition) is 2. The van der Waals surface area contributed by atoms with Gasteiger partial charge in [-0.05, 0) is 18.2 Å². The summed E-state index contributed by atoms with van der Waals surface area (Å²) in [4.78, 5) is 52.1. The van der Waals surface area contributed by atoms with E-state index in [0.29, 0.717) is 0 Å².